The van der Waals surface area contributed by atoms with E-state index in [2.05, 4.69) is 61.3 Å². The Kier molecular flexibility index (Phi) is 5.37. The second-order valence-electron chi connectivity index (χ2n) is 5.02. The van der Waals surface area contributed by atoms with Gasteiger partial charge in [-0.25, -0.2) is 0 Å². The summed E-state index contributed by atoms with van der Waals surface area (Å²) in [4.78, 5) is 3.88. The number of nitrogens with one attached hydrogen (secondary N) is 1. The summed E-state index contributed by atoms with van der Waals surface area (Å²) in [5.74, 6) is 0. The summed E-state index contributed by atoms with van der Waals surface area (Å²) in [6.45, 7) is 11.1. The lowest BCUT2D eigenvalue weighted by Gasteiger charge is -2.23. The molecule has 1 N–H and O–H groups in total. The molecule has 1 aromatic carbocycles. The van der Waals surface area contributed by atoms with Gasteiger partial charge in [-0.2, -0.15) is 0 Å². The molecule has 2 rings (SSSR count). The van der Waals surface area contributed by atoms with Gasteiger partial charge in [0.15, 0.2) is 0 Å². The first-order valence-corrected chi connectivity index (χ1v) is 7.97. The minimum absolute atomic E-state index is 0.533. The number of rotatable bonds is 7. The summed E-state index contributed by atoms with van der Waals surface area (Å²) in [6.07, 6.45) is 0. The molecule has 1 heterocycles. The zero-order valence-electron chi connectivity index (χ0n) is 12.1. The van der Waals surface area contributed by atoms with Crippen LogP contribution in [0.2, 0.25) is 0 Å². The van der Waals surface area contributed by atoms with E-state index in [0.29, 0.717) is 6.04 Å². The second kappa shape index (κ2) is 7.04. The Balaban J connectivity index is 1.87. The van der Waals surface area contributed by atoms with Crippen molar-refractivity contribution in [2.24, 2.45) is 0 Å². The third kappa shape index (κ3) is 4.03. The molecule has 3 heteroatoms. The average molecular weight is 276 g/mol. The smallest absolute Gasteiger partial charge is 0.0346 e. The first kappa shape index (κ1) is 14.5. The maximum absolute atomic E-state index is 3.63. The number of fused-ring (bicyclic) bond motifs is 1. The molecule has 1 atom stereocenters. The van der Waals surface area contributed by atoms with E-state index in [9.17, 15) is 0 Å². The van der Waals surface area contributed by atoms with Crippen LogP contribution >= 0.6 is 11.3 Å². The van der Waals surface area contributed by atoms with Crippen LogP contribution in [0.15, 0.2) is 30.3 Å². The second-order valence-corrected chi connectivity index (χ2v) is 6.19. The van der Waals surface area contributed by atoms with Gasteiger partial charge in [0.25, 0.3) is 0 Å². The van der Waals surface area contributed by atoms with Gasteiger partial charge >= 0.3 is 0 Å². The van der Waals surface area contributed by atoms with Crippen molar-refractivity contribution in [3.8, 4) is 0 Å². The average Bonchev–Trinajstić information content (AvgIpc) is 2.85. The first-order chi connectivity index (χ1) is 9.22. The third-order valence-corrected chi connectivity index (χ3v) is 4.64. The van der Waals surface area contributed by atoms with Crippen molar-refractivity contribution in [2.45, 2.75) is 33.4 Å². The number of benzene rings is 1. The van der Waals surface area contributed by atoms with Crippen LogP contribution in [0.4, 0.5) is 0 Å². The zero-order chi connectivity index (χ0) is 13.7. The fourth-order valence-electron chi connectivity index (χ4n) is 2.33. The molecule has 0 aliphatic rings. The molecule has 1 aromatic heterocycles. The maximum Gasteiger partial charge on any atom is 0.0346 e. The Bertz CT molecular complexity index is 469. The third-order valence-electron chi connectivity index (χ3n) is 3.53. The Morgan fingerprint density at radius 2 is 1.95 bits per heavy atom. The molecule has 0 saturated heterocycles. The van der Waals surface area contributed by atoms with Gasteiger partial charge in [-0.1, -0.05) is 32.0 Å². The first-order valence-electron chi connectivity index (χ1n) is 7.16. The van der Waals surface area contributed by atoms with Crippen LogP contribution in [0.1, 0.15) is 25.6 Å². The SMILES string of the molecule is CCN(CC)CC(C)NCc1cc2ccccc2s1. The van der Waals surface area contributed by atoms with Crippen LogP contribution in [0, 0.1) is 0 Å². The molecule has 0 saturated carbocycles. The van der Waals surface area contributed by atoms with Gasteiger partial charge in [0, 0.05) is 28.7 Å². The number of thiophene rings is 1. The van der Waals surface area contributed by atoms with Gasteiger partial charge in [0.05, 0.1) is 0 Å². The van der Waals surface area contributed by atoms with E-state index in [1.165, 1.54) is 15.0 Å². The Hall–Kier alpha value is -0.900. The lowest BCUT2D eigenvalue weighted by molar-refractivity contribution is 0.271. The van der Waals surface area contributed by atoms with Crippen molar-refractivity contribution >= 4 is 21.4 Å². The largest absolute Gasteiger partial charge is 0.308 e. The molecule has 0 aliphatic heterocycles. The van der Waals surface area contributed by atoms with Gasteiger partial charge in [0.2, 0.25) is 0 Å². The van der Waals surface area contributed by atoms with Crippen molar-refractivity contribution < 1.29 is 0 Å². The highest BCUT2D eigenvalue weighted by Gasteiger charge is 2.07. The standard InChI is InChI=1S/C16H24N2S/c1-4-18(5-2)12-13(3)17-11-15-10-14-8-6-7-9-16(14)19-15/h6-10,13,17H,4-5,11-12H2,1-3H3. The number of hydrogen-bond donors (Lipinski definition) is 1. The van der Waals surface area contributed by atoms with Crippen LogP contribution in [0.5, 0.6) is 0 Å². The van der Waals surface area contributed by atoms with Gasteiger partial charge in [-0.15, -0.1) is 11.3 Å². The molecule has 0 radical (unpaired) electrons. The molecule has 0 fully saturated rings. The molecule has 0 bridgehead atoms. The van der Waals surface area contributed by atoms with Gasteiger partial charge < -0.3 is 10.2 Å². The van der Waals surface area contributed by atoms with Crippen LogP contribution in [-0.2, 0) is 6.54 Å². The van der Waals surface area contributed by atoms with Gasteiger partial charge in [-0.3, -0.25) is 0 Å². The van der Waals surface area contributed by atoms with Crippen LogP contribution in [0.3, 0.4) is 0 Å². The van der Waals surface area contributed by atoms with E-state index < -0.39 is 0 Å². The predicted octanol–water partition coefficient (Wildman–Crippen LogP) is 3.72. The summed E-state index contributed by atoms with van der Waals surface area (Å²) in [6, 6.07) is 11.4. The highest BCUT2D eigenvalue weighted by atomic mass is 32.1. The molecular formula is C16H24N2S. The zero-order valence-corrected chi connectivity index (χ0v) is 13.0. The maximum atomic E-state index is 3.63. The minimum atomic E-state index is 0.533. The van der Waals surface area contributed by atoms with Crippen molar-refractivity contribution in [2.75, 3.05) is 19.6 Å². The molecule has 1 unspecified atom stereocenters. The highest BCUT2D eigenvalue weighted by Crippen LogP contribution is 2.25. The van der Waals surface area contributed by atoms with Crippen molar-refractivity contribution in [3.05, 3.63) is 35.2 Å². The van der Waals surface area contributed by atoms with E-state index in [1.54, 1.807) is 0 Å². The summed E-state index contributed by atoms with van der Waals surface area (Å²) in [5, 5.41) is 4.99. The number of likely N-dealkylation sites (N-methyl/N-ethyl adjacent to an activating group) is 1. The summed E-state index contributed by atoms with van der Waals surface area (Å²) in [7, 11) is 0. The molecule has 2 aromatic rings. The van der Waals surface area contributed by atoms with Gasteiger partial charge in [0.1, 0.15) is 0 Å². The molecule has 0 spiro atoms. The van der Waals surface area contributed by atoms with Crippen molar-refractivity contribution in [1.82, 2.24) is 10.2 Å². The monoisotopic (exact) mass is 276 g/mol. The lowest BCUT2D eigenvalue weighted by atomic mass is 10.2. The van der Waals surface area contributed by atoms with E-state index >= 15 is 0 Å². The topological polar surface area (TPSA) is 15.3 Å². The predicted molar refractivity (Wildman–Crippen MR) is 85.9 cm³/mol. The van der Waals surface area contributed by atoms with E-state index in [0.717, 1.165) is 26.2 Å². The molecule has 0 aliphatic carbocycles. The number of hydrogen-bond acceptors (Lipinski definition) is 3. The van der Waals surface area contributed by atoms with Crippen LogP contribution < -0.4 is 5.32 Å². The molecule has 104 valence electrons. The Morgan fingerprint density at radius 1 is 1.21 bits per heavy atom. The molecule has 19 heavy (non-hydrogen) atoms. The molecule has 2 nitrogen and oxygen atoms in total. The fourth-order valence-corrected chi connectivity index (χ4v) is 3.35. The Labute approximate surface area is 120 Å². The lowest BCUT2D eigenvalue weighted by Crippen LogP contribution is -2.38. The highest BCUT2D eigenvalue weighted by molar-refractivity contribution is 7.19. The van der Waals surface area contributed by atoms with Crippen molar-refractivity contribution in [1.29, 1.82) is 0 Å². The summed E-state index contributed by atoms with van der Waals surface area (Å²) >= 11 is 1.89. The van der Waals surface area contributed by atoms with E-state index in [-0.39, 0.29) is 0 Å². The van der Waals surface area contributed by atoms with Gasteiger partial charge in [-0.05, 0) is 37.5 Å². The van der Waals surface area contributed by atoms with E-state index in [1.807, 2.05) is 11.3 Å². The Morgan fingerprint density at radius 3 is 2.63 bits per heavy atom. The quantitative estimate of drug-likeness (QED) is 0.829. The van der Waals surface area contributed by atoms with Crippen LogP contribution in [-0.4, -0.2) is 30.6 Å². The van der Waals surface area contributed by atoms with E-state index in [4.69, 9.17) is 0 Å². The molecule has 0 amide bonds. The van der Waals surface area contributed by atoms with Crippen LogP contribution in [0.25, 0.3) is 10.1 Å². The molecular weight excluding hydrogens is 252 g/mol. The minimum Gasteiger partial charge on any atom is -0.308 e. The summed E-state index contributed by atoms with van der Waals surface area (Å²) in [5.41, 5.74) is 0. The fraction of sp³-hybridized carbons (Fsp3) is 0.500. The normalized spacial score (nSPS) is 13.3. The number of nitrogens with zero attached hydrogens (tertiary/aromatic N) is 1. The summed E-state index contributed by atoms with van der Waals surface area (Å²) < 4.78 is 1.38. The van der Waals surface area contributed by atoms with Crippen molar-refractivity contribution in [3.63, 3.8) is 0 Å².